The molecule has 0 nitrogen and oxygen atoms in total. The van der Waals surface area contributed by atoms with Crippen LogP contribution < -0.4 is 0 Å². The van der Waals surface area contributed by atoms with Crippen LogP contribution in [0.25, 0.3) is 0 Å². The summed E-state index contributed by atoms with van der Waals surface area (Å²) in [5, 5.41) is 0.290. The summed E-state index contributed by atoms with van der Waals surface area (Å²) in [4.78, 5) is 2.83. The SMILES string of the molecule is Cc1ccc(C(Cl)C2C3CC4CC(C3)CC2C4)s1. The van der Waals surface area contributed by atoms with Gasteiger partial charge in [-0.1, -0.05) is 0 Å². The monoisotopic (exact) mass is 280 g/mol. The molecule has 5 rings (SSSR count). The number of rotatable bonds is 2. The Morgan fingerprint density at radius 3 is 2.17 bits per heavy atom. The van der Waals surface area contributed by atoms with E-state index in [1.165, 1.54) is 41.9 Å². The molecule has 4 aliphatic rings. The maximum Gasteiger partial charge on any atom is 0.0712 e. The van der Waals surface area contributed by atoms with E-state index in [9.17, 15) is 0 Å². The average molecular weight is 281 g/mol. The smallest absolute Gasteiger partial charge is 0.0712 e. The average Bonchev–Trinajstić information content (AvgIpc) is 2.74. The number of halogens is 1. The number of alkyl halides is 1. The van der Waals surface area contributed by atoms with Crippen LogP contribution in [0.3, 0.4) is 0 Å². The van der Waals surface area contributed by atoms with E-state index in [0.29, 0.717) is 5.38 Å². The van der Waals surface area contributed by atoms with E-state index in [4.69, 9.17) is 11.6 Å². The Labute approximate surface area is 119 Å². The standard InChI is InChI=1S/C16H21ClS/c1-9-2-3-14(18-9)16(17)15-12-5-10-4-11(7-12)8-13(15)6-10/h2-3,10-13,15-16H,4-8H2,1H3. The molecule has 1 unspecified atom stereocenters. The van der Waals surface area contributed by atoms with Gasteiger partial charge in [0.15, 0.2) is 0 Å². The fourth-order valence-corrected chi connectivity index (χ4v) is 6.77. The molecule has 4 aliphatic carbocycles. The Morgan fingerprint density at radius 1 is 1.06 bits per heavy atom. The summed E-state index contributed by atoms with van der Waals surface area (Å²) in [5.41, 5.74) is 0. The predicted molar refractivity (Wildman–Crippen MR) is 78.2 cm³/mol. The predicted octanol–water partition coefficient (Wildman–Crippen LogP) is 5.41. The van der Waals surface area contributed by atoms with Crippen molar-refractivity contribution in [3.8, 4) is 0 Å². The fourth-order valence-electron chi connectivity index (χ4n) is 5.24. The van der Waals surface area contributed by atoms with E-state index in [0.717, 1.165) is 29.6 Å². The Balaban J connectivity index is 1.61. The van der Waals surface area contributed by atoms with Crippen molar-refractivity contribution in [1.82, 2.24) is 0 Å². The first kappa shape index (κ1) is 11.8. The van der Waals surface area contributed by atoms with Gasteiger partial charge in [-0.25, -0.2) is 0 Å². The summed E-state index contributed by atoms with van der Waals surface area (Å²) in [5.74, 6) is 4.75. The first-order chi connectivity index (χ1) is 8.70. The Bertz CT molecular complexity index is 422. The second-order valence-electron chi connectivity index (χ2n) is 6.86. The fraction of sp³-hybridized carbons (Fsp3) is 0.750. The molecule has 4 fully saturated rings. The van der Waals surface area contributed by atoms with Crippen LogP contribution in [-0.2, 0) is 0 Å². The summed E-state index contributed by atoms with van der Waals surface area (Å²) in [6.07, 6.45) is 7.44. The van der Waals surface area contributed by atoms with Crippen LogP contribution in [0.1, 0.15) is 47.2 Å². The third-order valence-electron chi connectivity index (χ3n) is 5.67. The molecular formula is C16H21ClS. The largest absolute Gasteiger partial charge is 0.144 e. The Hall–Kier alpha value is -0.0100. The second-order valence-corrected chi connectivity index (χ2v) is 8.65. The van der Waals surface area contributed by atoms with E-state index in [-0.39, 0.29) is 0 Å². The zero-order valence-electron chi connectivity index (χ0n) is 10.9. The minimum Gasteiger partial charge on any atom is -0.144 e. The van der Waals surface area contributed by atoms with Crippen molar-refractivity contribution in [3.05, 3.63) is 21.9 Å². The van der Waals surface area contributed by atoms with Crippen LogP contribution in [0.5, 0.6) is 0 Å². The molecule has 0 aliphatic heterocycles. The van der Waals surface area contributed by atoms with Gasteiger partial charge in [0.05, 0.1) is 5.38 Å². The lowest BCUT2D eigenvalue weighted by Gasteiger charge is -2.55. The van der Waals surface area contributed by atoms with E-state index < -0.39 is 0 Å². The Morgan fingerprint density at radius 2 is 1.67 bits per heavy atom. The van der Waals surface area contributed by atoms with Crippen molar-refractivity contribution in [2.24, 2.45) is 29.6 Å². The molecule has 0 aromatic carbocycles. The molecule has 4 bridgehead atoms. The van der Waals surface area contributed by atoms with Crippen molar-refractivity contribution >= 4 is 22.9 Å². The van der Waals surface area contributed by atoms with E-state index >= 15 is 0 Å². The van der Waals surface area contributed by atoms with Gasteiger partial charge >= 0.3 is 0 Å². The van der Waals surface area contributed by atoms with Gasteiger partial charge in [0.1, 0.15) is 0 Å². The van der Waals surface area contributed by atoms with Gasteiger partial charge in [-0.3, -0.25) is 0 Å². The maximum atomic E-state index is 6.87. The second kappa shape index (κ2) is 4.24. The molecule has 1 atom stereocenters. The summed E-state index contributed by atoms with van der Waals surface area (Å²) in [7, 11) is 0. The van der Waals surface area contributed by atoms with Gasteiger partial charge in [-0.05, 0) is 80.8 Å². The van der Waals surface area contributed by atoms with Crippen molar-refractivity contribution in [1.29, 1.82) is 0 Å². The quantitative estimate of drug-likeness (QED) is 0.636. The van der Waals surface area contributed by atoms with E-state index in [2.05, 4.69) is 19.1 Å². The molecule has 1 aromatic heterocycles. The van der Waals surface area contributed by atoms with Gasteiger partial charge in [-0.15, -0.1) is 22.9 Å². The van der Waals surface area contributed by atoms with Crippen LogP contribution in [0.2, 0.25) is 0 Å². The van der Waals surface area contributed by atoms with Gasteiger partial charge < -0.3 is 0 Å². The highest BCUT2D eigenvalue weighted by Crippen LogP contribution is 2.60. The normalized spacial score (nSPS) is 43.3. The molecule has 0 N–H and O–H groups in total. The molecule has 4 saturated carbocycles. The molecule has 0 radical (unpaired) electrons. The van der Waals surface area contributed by atoms with Crippen LogP contribution >= 0.6 is 22.9 Å². The summed E-state index contributed by atoms with van der Waals surface area (Å²) in [6.45, 7) is 2.19. The third-order valence-corrected chi connectivity index (χ3v) is 7.41. The van der Waals surface area contributed by atoms with Gasteiger partial charge in [-0.2, -0.15) is 0 Å². The molecular weight excluding hydrogens is 260 g/mol. The van der Waals surface area contributed by atoms with Crippen molar-refractivity contribution in [3.63, 3.8) is 0 Å². The zero-order valence-corrected chi connectivity index (χ0v) is 12.5. The van der Waals surface area contributed by atoms with Gasteiger partial charge in [0, 0.05) is 9.75 Å². The van der Waals surface area contributed by atoms with Crippen LogP contribution in [0, 0.1) is 36.5 Å². The first-order valence-electron chi connectivity index (χ1n) is 7.41. The first-order valence-corrected chi connectivity index (χ1v) is 8.66. The van der Waals surface area contributed by atoms with Crippen LogP contribution in [0.4, 0.5) is 0 Å². The van der Waals surface area contributed by atoms with Gasteiger partial charge in [0.2, 0.25) is 0 Å². The van der Waals surface area contributed by atoms with Crippen molar-refractivity contribution in [2.75, 3.05) is 0 Å². The van der Waals surface area contributed by atoms with Crippen LogP contribution in [0.15, 0.2) is 12.1 Å². The highest BCUT2D eigenvalue weighted by molar-refractivity contribution is 7.12. The van der Waals surface area contributed by atoms with E-state index in [1.54, 1.807) is 0 Å². The molecule has 0 spiro atoms. The summed E-state index contributed by atoms with van der Waals surface area (Å²) >= 11 is 8.78. The van der Waals surface area contributed by atoms with Crippen molar-refractivity contribution in [2.45, 2.75) is 44.4 Å². The number of hydrogen-bond acceptors (Lipinski definition) is 1. The molecule has 0 saturated heterocycles. The lowest BCUT2D eigenvalue weighted by Crippen LogP contribution is -2.46. The number of aryl methyl sites for hydroxylation is 1. The highest BCUT2D eigenvalue weighted by Gasteiger charge is 2.50. The van der Waals surface area contributed by atoms with Crippen molar-refractivity contribution < 1.29 is 0 Å². The lowest BCUT2D eigenvalue weighted by atomic mass is 9.51. The molecule has 0 amide bonds. The minimum atomic E-state index is 0.290. The molecule has 2 heteroatoms. The third kappa shape index (κ3) is 1.78. The summed E-state index contributed by atoms with van der Waals surface area (Å²) < 4.78 is 0. The van der Waals surface area contributed by atoms with Crippen LogP contribution in [-0.4, -0.2) is 0 Å². The summed E-state index contributed by atoms with van der Waals surface area (Å²) in [6, 6.07) is 4.49. The molecule has 1 aromatic rings. The number of thiophene rings is 1. The minimum absolute atomic E-state index is 0.290. The topological polar surface area (TPSA) is 0 Å². The maximum absolute atomic E-state index is 6.87. The molecule has 18 heavy (non-hydrogen) atoms. The highest BCUT2D eigenvalue weighted by atomic mass is 35.5. The molecule has 1 heterocycles. The van der Waals surface area contributed by atoms with Gasteiger partial charge in [0.25, 0.3) is 0 Å². The molecule has 98 valence electrons. The Kier molecular flexibility index (Phi) is 2.78. The lowest BCUT2D eigenvalue weighted by molar-refractivity contribution is -0.0378. The zero-order chi connectivity index (χ0) is 12.3. The van der Waals surface area contributed by atoms with E-state index in [1.807, 2.05) is 11.3 Å². The number of hydrogen-bond donors (Lipinski definition) is 0.